The van der Waals surface area contributed by atoms with Gasteiger partial charge >= 0.3 is 0 Å². The number of aliphatic hydroxyl groups excluding tert-OH is 1. The van der Waals surface area contributed by atoms with Crippen molar-refractivity contribution in [3.05, 3.63) is 33.9 Å². The first kappa shape index (κ1) is 12.8. The fourth-order valence-corrected chi connectivity index (χ4v) is 2.49. The molecule has 0 amide bonds. The van der Waals surface area contributed by atoms with Crippen molar-refractivity contribution in [2.45, 2.75) is 26.4 Å². The third-order valence-electron chi connectivity index (χ3n) is 3.60. The highest BCUT2D eigenvalue weighted by Crippen LogP contribution is 2.33. The molecule has 2 rings (SSSR count). The summed E-state index contributed by atoms with van der Waals surface area (Å²) >= 11 is 0. The number of piperidine rings is 1. The Kier molecular flexibility index (Phi) is 3.52. The maximum Gasteiger partial charge on any atom is 0.295 e. The molecule has 5 heteroatoms. The minimum Gasteiger partial charge on any atom is -0.393 e. The van der Waals surface area contributed by atoms with Crippen LogP contribution in [-0.2, 0) is 0 Å². The van der Waals surface area contributed by atoms with Crippen molar-refractivity contribution >= 4 is 11.4 Å². The fourth-order valence-electron chi connectivity index (χ4n) is 2.49. The largest absolute Gasteiger partial charge is 0.393 e. The number of aliphatic hydroxyl groups is 1. The summed E-state index contributed by atoms with van der Waals surface area (Å²) in [6.07, 6.45) is 0.358. The van der Waals surface area contributed by atoms with Gasteiger partial charge in [-0.15, -0.1) is 0 Å². The van der Waals surface area contributed by atoms with Crippen molar-refractivity contribution in [2.75, 3.05) is 18.0 Å². The van der Waals surface area contributed by atoms with Gasteiger partial charge in [-0.3, -0.25) is 10.1 Å². The Morgan fingerprint density at radius 3 is 2.83 bits per heavy atom. The van der Waals surface area contributed by atoms with Gasteiger partial charge in [0.1, 0.15) is 5.69 Å². The van der Waals surface area contributed by atoms with E-state index in [0.717, 1.165) is 0 Å². The van der Waals surface area contributed by atoms with Gasteiger partial charge < -0.3 is 10.0 Å². The Balaban J connectivity index is 2.34. The number of anilines is 1. The molecule has 0 saturated carbocycles. The molecule has 1 N–H and O–H groups in total. The van der Waals surface area contributed by atoms with Crippen LogP contribution in [0.3, 0.4) is 0 Å². The molecule has 2 atom stereocenters. The minimum atomic E-state index is -0.319. The smallest absolute Gasteiger partial charge is 0.295 e. The second-order valence-corrected chi connectivity index (χ2v) is 4.98. The first-order valence-corrected chi connectivity index (χ1v) is 6.17. The molecule has 0 spiro atoms. The lowest BCUT2D eigenvalue weighted by Crippen LogP contribution is -2.42. The van der Waals surface area contributed by atoms with Crippen LogP contribution in [0.5, 0.6) is 0 Å². The summed E-state index contributed by atoms with van der Waals surface area (Å²) in [5, 5.41) is 20.9. The second-order valence-electron chi connectivity index (χ2n) is 4.98. The van der Waals surface area contributed by atoms with E-state index in [1.165, 1.54) is 0 Å². The van der Waals surface area contributed by atoms with Gasteiger partial charge in [-0.2, -0.15) is 0 Å². The molecule has 18 heavy (non-hydrogen) atoms. The monoisotopic (exact) mass is 250 g/mol. The van der Waals surface area contributed by atoms with E-state index in [1.807, 2.05) is 17.9 Å². The molecule has 1 aliphatic rings. The number of hydrogen-bond acceptors (Lipinski definition) is 4. The molecule has 5 nitrogen and oxygen atoms in total. The number of nitrogens with zero attached hydrogens (tertiary/aromatic N) is 2. The van der Waals surface area contributed by atoms with Gasteiger partial charge in [-0.1, -0.05) is 19.1 Å². The molecule has 1 saturated heterocycles. The second kappa shape index (κ2) is 4.94. The zero-order valence-electron chi connectivity index (χ0n) is 10.7. The average molecular weight is 250 g/mol. The molecule has 1 heterocycles. The third kappa shape index (κ3) is 2.31. The highest BCUT2D eigenvalue weighted by molar-refractivity contribution is 5.66. The lowest BCUT2D eigenvalue weighted by atomic mass is 9.96. The third-order valence-corrected chi connectivity index (χ3v) is 3.60. The Bertz CT molecular complexity index is 462. The predicted octanol–water partition coefficient (Wildman–Crippen LogP) is 2.11. The van der Waals surface area contributed by atoms with Crippen LogP contribution in [0.4, 0.5) is 11.4 Å². The van der Waals surface area contributed by atoms with Crippen LogP contribution < -0.4 is 4.90 Å². The molecule has 1 aromatic carbocycles. The van der Waals surface area contributed by atoms with Crippen molar-refractivity contribution < 1.29 is 10.0 Å². The first-order chi connectivity index (χ1) is 8.50. The van der Waals surface area contributed by atoms with E-state index in [1.54, 1.807) is 19.1 Å². The summed E-state index contributed by atoms with van der Waals surface area (Å²) < 4.78 is 0. The van der Waals surface area contributed by atoms with E-state index in [0.29, 0.717) is 30.8 Å². The quantitative estimate of drug-likeness (QED) is 0.645. The number of para-hydroxylation sites is 1. The molecule has 0 bridgehead atoms. The predicted molar refractivity (Wildman–Crippen MR) is 69.8 cm³/mol. The van der Waals surface area contributed by atoms with Crippen LogP contribution >= 0.6 is 0 Å². The minimum absolute atomic E-state index is 0.138. The highest BCUT2D eigenvalue weighted by atomic mass is 16.6. The van der Waals surface area contributed by atoms with Crippen LogP contribution in [0.15, 0.2) is 18.2 Å². The van der Waals surface area contributed by atoms with Gasteiger partial charge in [0.05, 0.1) is 11.0 Å². The lowest BCUT2D eigenvalue weighted by molar-refractivity contribution is -0.384. The Morgan fingerprint density at radius 1 is 1.50 bits per heavy atom. The molecular formula is C13H18N2O3. The summed E-state index contributed by atoms with van der Waals surface area (Å²) in [5.41, 5.74) is 1.52. The first-order valence-electron chi connectivity index (χ1n) is 6.17. The van der Waals surface area contributed by atoms with Crippen molar-refractivity contribution in [3.63, 3.8) is 0 Å². The van der Waals surface area contributed by atoms with E-state index in [2.05, 4.69) is 0 Å². The number of benzene rings is 1. The molecule has 0 radical (unpaired) electrons. The van der Waals surface area contributed by atoms with E-state index >= 15 is 0 Å². The van der Waals surface area contributed by atoms with Gasteiger partial charge in [-0.05, 0) is 25.3 Å². The van der Waals surface area contributed by atoms with Crippen molar-refractivity contribution in [1.82, 2.24) is 0 Å². The van der Waals surface area contributed by atoms with E-state index < -0.39 is 0 Å². The van der Waals surface area contributed by atoms with Crippen molar-refractivity contribution in [3.8, 4) is 0 Å². The summed E-state index contributed by atoms with van der Waals surface area (Å²) in [7, 11) is 0. The van der Waals surface area contributed by atoms with Crippen LogP contribution in [0.25, 0.3) is 0 Å². The molecule has 0 aliphatic carbocycles. The molecule has 98 valence electrons. The molecule has 0 unspecified atom stereocenters. The zero-order chi connectivity index (χ0) is 13.3. The van der Waals surface area contributed by atoms with Gasteiger partial charge in [-0.25, -0.2) is 0 Å². The van der Waals surface area contributed by atoms with Crippen LogP contribution in [0, 0.1) is 23.0 Å². The molecular weight excluding hydrogens is 232 g/mol. The van der Waals surface area contributed by atoms with Gasteiger partial charge in [0.25, 0.3) is 5.69 Å². The number of rotatable bonds is 2. The topological polar surface area (TPSA) is 66.6 Å². The summed E-state index contributed by atoms with van der Waals surface area (Å²) in [6.45, 7) is 5.05. The van der Waals surface area contributed by atoms with E-state index in [9.17, 15) is 15.2 Å². The average Bonchev–Trinajstić information content (AvgIpc) is 2.32. The van der Waals surface area contributed by atoms with E-state index in [-0.39, 0.29) is 22.6 Å². The highest BCUT2D eigenvalue weighted by Gasteiger charge is 2.28. The Hall–Kier alpha value is -1.62. The van der Waals surface area contributed by atoms with Gasteiger partial charge in [0.15, 0.2) is 0 Å². The summed E-state index contributed by atoms with van der Waals surface area (Å²) in [6, 6.07) is 5.38. The zero-order valence-corrected chi connectivity index (χ0v) is 10.7. The van der Waals surface area contributed by atoms with Gasteiger partial charge in [0, 0.05) is 18.7 Å². The SMILES string of the molecule is Cc1cccc(N2CC[C@@H](O)[C@H](C)C2)c1[N+](=O)[O-]. The summed E-state index contributed by atoms with van der Waals surface area (Å²) in [5.74, 6) is 0.138. The van der Waals surface area contributed by atoms with Gasteiger partial charge in [0.2, 0.25) is 0 Å². The molecule has 0 aromatic heterocycles. The van der Waals surface area contributed by atoms with Crippen molar-refractivity contribution in [1.29, 1.82) is 0 Å². The standard InChI is InChI=1S/C13H18N2O3/c1-9-4-3-5-11(13(9)15(17)18)14-7-6-12(16)10(2)8-14/h3-5,10,12,16H,6-8H2,1-2H3/t10-,12-/m1/s1. The molecule has 1 fully saturated rings. The Labute approximate surface area is 106 Å². The Morgan fingerprint density at radius 2 is 2.22 bits per heavy atom. The normalized spacial score (nSPS) is 24.1. The van der Waals surface area contributed by atoms with E-state index in [4.69, 9.17) is 0 Å². The number of nitro groups is 1. The maximum absolute atomic E-state index is 11.2. The maximum atomic E-state index is 11.2. The molecule has 1 aliphatic heterocycles. The lowest BCUT2D eigenvalue weighted by Gasteiger charge is -2.35. The number of nitro benzene ring substituents is 1. The van der Waals surface area contributed by atoms with Crippen molar-refractivity contribution in [2.24, 2.45) is 5.92 Å². The number of aryl methyl sites for hydroxylation is 1. The molecule has 1 aromatic rings. The fraction of sp³-hybridized carbons (Fsp3) is 0.538. The van der Waals surface area contributed by atoms with Crippen LogP contribution in [0.2, 0.25) is 0 Å². The summed E-state index contributed by atoms with van der Waals surface area (Å²) in [4.78, 5) is 12.8. The van der Waals surface area contributed by atoms with Crippen LogP contribution in [-0.4, -0.2) is 29.2 Å². The number of hydrogen-bond donors (Lipinski definition) is 1. The van der Waals surface area contributed by atoms with Crippen LogP contribution in [0.1, 0.15) is 18.9 Å².